The average Bonchev–Trinajstić information content (AvgIpc) is 3.19. The Morgan fingerprint density at radius 3 is 2.58 bits per heavy atom. The number of nitrogens with one attached hydrogen (secondary N) is 1. The molecule has 1 saturated heterocycles. The van der Waals surface area contributed by atoms with Crippen molar-refractivity contribution in [3.8, 4) is 5.75 Å². The van der Waals surface area contributed by atoms with E-state index in [0.29, 0.717) is 13.0 Å². The highest BCUT2D eigenvalue weighted by Crippen LogP contribution is 2.32. The number of hydrogen-bond donors (Lipinski definition) is 1. The number of aryl methyl sites for hydroxylation is 1. The van der Waals surface area contributed by atoms with Gasteiger partial charge in [0.2, 0.25) is 5.91 Å². The molecule has 1 amide bonds. The number of rotatable bonds is 8. The number of likely N-dealkylation sites (tertiary alicyclic amines) is 1. The number of carbonyl (C=O) groups excluding carboxylic acids is 1. The molecule has 0 saturated carbocycles. The number of anilines is 1. The van der Waals surface area contributed by atoms with Crippen LogP contribution in [-0.4, -0.2) is 51.1 Å². The van der Waals surface area contributed by atoms with E-state index < -0.39 is 0 Å². The molecular formula is C26H35N3O2. The smallest absolute Gasteiger partial charge is 0.220 e. The van der Waals surface area contributed by atoms with E-state index in [-0.39, 0.29) is 11.9 Å². The summed E-state index contributed by atoms with van der Waals surface area (Å²) in [7, 11) is 3.83. The molecular weight excluding hydrogens is 386 g/mol. The molecule has 166 valence electrons. The molecule has 1 fully saturated rings. The molecule has 0 aromatic heterocycles. The van der Waals surface area contributed by atoms with Gasteiger partial charge in [0.1, 0.15) is 5.75 Å². The van der Waals surface area contributed by atoms with E-state index in [0.717, 1.165) is 43.8 Å². The summed E-state index contributed by atoms with van der Waals surface area (Å²) in [5, 5.41) is 3.23. The van der Waals surface area contributed by atoms with Crippen molar-refractivity contribution in [3.05, 3.63) is 59.2 Å². The number of hydrogen-bond acceptors (Lipinski definition) is 4. The molecule has 0 aliphatic carbocycles. The molecule has 0 radical (unpaired) electrons. The predicted molar refractivity (Wildman–Crippen MR) is 126 cm³/mol. The van der Waals surface area contributed by atoms with E-state index in [9.17, 15) is 4.79 Å². The minimum atomic E-state index is 0.124. The van der Waals surface area contributed by atoms with E-state index in [4.69, 9.17) is 4.74 Å². The third-order valence-corrected chi connectivity index (χ3v) is 6.74. The number of carbonyl (C=O) groups is 1. The quantitative estimate of drug-likeness (QED) is 0.701. The first-order valence-electron chi connectivity index (χ1n) is 11.6. The fourth-order valence-corrected chi connectivity index (χ4v) is 4.83. The van der Waals surface area contributed by atoms with Crippen molar-refractivity contribution in [2.75, 3.05) is 45.2 Å². The average molecular weight is 422 g/mol. The Balaban J connectivity index is 1.38. The van der Waals surface area contributed by atoms with Crippen LogP contribution in [0.2, 0.25) is 0 Å². The topological polar surface area (TPSA) is 44.8 Å². The third kappa shape index (κ3) is 5.40. The van der Waals surface area contributed by atoms with Crippen LogP contribution in [0.5, 0.6) is 5.75 Å². The molecule has 2 aliphatic heterocycles. The molecule has 5 heteroatoms. The second-order valence-electron chi connectivity index (χ2n) is 8.82. The SMILES string of the molecule is COc1ccc(CCC(=O)NC[C@@H](c2ccc3c(c2)CCN3C)N2CCCCC2)cc1. The van der Waals surface area contributed by atoms with Crippen LogP contribution < -0.4 is 15.0 Å². The lowest BCUT2D eigenvalue weighted by molar-refractivity contribution is -0.121. The van der Waals surface area contributed by atoms with Gasteiger partial charge in [0.15, 0.2) is 0 Å². The molecule has 5 nitrogen and oxygen atoms in total. The van der Waals surface area contributed by atoms with Gasteiger partial charge in [-0.1, -0.05) is 30.7 Å². The first kappa shape index (κ1) is 21.7. The summed E-state index contributed by atoms with van der Waals surface area (Å²) in [6.45, 7) is 4.00. The first-order valence-corrected chi connectivity index (χ1v) is 11.6. The molecule has 2 aromatic rings. The van der Waals surface area contributed by atoms with Gasteiger partial charge >= 0.3 is 0 Å². The van der Waals surface area contributed by atoms with E-state index in [1.165, 1.54) is 36.1 Å². The van der Waals surface area contributed by atoms with Crippen LogP contribution in [0.3, 0.4) is 0 Å². The fourth-order valence-electron chi connectivity index (χ4n) is 4.83. The highest BCUT2D eigenvalue weighted by atomic mass is 16.5. The van der Waals surface area contributed by atoms with Gasteiger partial charge in [-0.2, -0.15) is 0 Å². The highest BCUT2D eigenvalue weighted by Gasteiger charge is 2.25. The number of nitrogens with zero attached hydrogens (tertiary/aromatic N) is 2. The van der Waals surface area contributed by atoms with E-state index >= 15 is 0 Å². The Morgan fingerprint density at radius 1 is 1.06 bits per heavy atom. The molecule has 0 bridgehead atoms. The number of fused-ring (bicyclic) bond motifs is 1. The van der Waals surface area contributed by atoms with Crippen LogP contribution in [0, 0.1) is 0 Å². The van der Waals surface area contributed by atoms with Crippen molar-refractivity contribution < 1.29 is 9.53 Å². The number of ether oxygens (including phenoxy) is 1. The standard InChI is InChI=1S/C26H35N3O2/c1-28-17-14-22-18-21(9-12-24(22)28)25(29-15-4-3-5-16-29)19-27-26(30)13-8-20-6-10-23(31-2)11-7-20/h6-7,9-12,18,25H,3-5,8,13-17,19H2,1-2H3,(H,27,30)/t25-/m0/s1. The van der Waals surface area contributed by atoms with Crippen molar-refractivity contribution >= 4 is 11.6 Å². The van der Waals surface area contributed by atoms with Gasteiger partial charge in [-0.3, -0.25) is 9.69 Å². The minimum absolute atomic E-state index is 0.124. The van der Waals surface area contributed by atoms with Crippen molar-refractivity contribution in [1.29, 1.82) is 0 Å². The Bertz CT molecular complexity index is 875. The Morgan fingerprint density at radius 2 is 1.84 bits per heavy atom. The largest absolute Gasteiger partial charge is 0.497 e. The fraction of sp³-hybridized carbons (Fsp3) is 0.500. The first-order chi connectivity index (χ1) is 15.1. The molecule has 2 heterocycles. The predicted octanol–water partition coefficient (Wildman–Crippen LogP) is 3.96. The van der Waals surface area contributed by atoms with Crippen LogP contribution >= 0.6 is 0 Å². The molecule has 2 aliphatic rings. The molecule has 31 heavy (non-hydrogen) atoms. The number of amides is 1. The normalized spacial score (nSPS) is 17.3. The lowest BCUT2D eigenvalue weighted by Gasteiger charge is -2.35. The van der Waals surface area contributed by atoms with Crippen LogP contribution in [0.1, 0.15) is 48.4 Å². The van der Waals surface area contributed by atoms with E-state index in [1.54, 1.807) is 7.11 Å². The zero-order valence-electron chi connectivity index (χ0n) is 18.9. The third-order valence-electron chi connectivity index (χ3n) is 6.74. The summed E-state index contributed by atoms with van der Waals surface area (Å²) >= 11 is 0. The lowest BCUT2D eigenvalue weighted by atomic mass is 9.98. The Hall–Kier alpha value is -2.53. The Kier molecular flexibility index (Phi) is 7.13. The van der Waals surface area contributed by atoms with E-state index in [1.807, 2.05) is 24.3 Å². The maximum Gasteiger partial charge on any atom is 0.220 e. The maximum atomic E-state index is 12.6. The van der Waals surface area contributed by atoms with Gasteiger partial charge < -0.3 is 15.0 Å². The van der Waals surface area contributed by atoms with Crippen LogP contribution in [0.25, 0.3) is 0 Å². The molecule has 1 N–H and O–H groups in total. The molecule has 0 unspecified atom stereocenters. The zero-order valence-corrected chi connectivity index (χ0v) is 18.9. The number of likely N-dealkylation sites (N-methyl/N-ethyl adjacent to an activating group) is 1. The van der Waals surface area contributed by atoms with Crippen molar-refractivity contribution in [2.45, 2.75) is 44.6 Å². The summed E-state index contributed by atoms with van der Waals surface area (Å²) in [6.07, 6.45) is 6.17. The summed E-state index contributed by atoms with van der Waals surface area (Å²) in [5.74, 6) is 0.969. The van der Waals surface area contributed by atoms with Crippen molar-refractivity contribution in [3.63, 3.8) is 0 Å². The van der Waals surface area contributed by atoms with Gasteiger partial charge in [-0.15, -0.1) is 0 Å². The number of methoxy groups -OCH3 is 1. The van der Waals surface area contributed by atoms with Gasteiger partial charge in [0, 0.05) is 32.2 Å². The monoisotopic (exact) mass is 421 g/mol. The molecule has 1 atom stereocenters. The highest BCUT2D eigenvalue weighted by molar-refractivity contribution is 5.76. The second kappa shape index (κ2) is 10.2. The molecule has 4 rings (SSSR count). The number of piperidine rings is 1. The lowest BCUT2D eigenvalue weighted by Crippen LogP contribution is -2.40. The van der Waals surface area contributed by atoms with Gasteiger partial charge in [-0.25, -0.2) is 0 Å². The summed E-state index contributed by atoms with van der Waals surface area (Å²) in [6, 6.07) is 15.1. The van der Waals surface area contributed by atoms with Gasteiger partial charge in [0.25, 0.3) is 0 Å². The summed E-state index contributed by atoms with van der Waals surface area (Å²) < 4.78 is 5.21. The summed E-state index contributed by atoms with van der Waals surface area (Å²) in [5.41, 5.74) is 5.29. The molecule has 0 spiro atoms. The van der Waals surface area contributed by atoms with Gasteiger partial charge in [0.05, 0.1) is 13.2 Å². The summed E-state index contributed by atoms with van der Waals surface area (Å²) in [4.78, 5) is 17.5. The van der Waals surface area contributed by atoms with Crippen LogP contribution in [0.15, 0.2) is 42.5 Å². The van der Waals surface area contributed by atoms with Crippen LogP contribution in [0.4, 0.5) is 5.69 Å². The number of benzene rings is 2. The Labute approximate surface area is 186 Å². The zero-order chi connectivity index (χ0) is 21.6. The maximum absolute atomic E-state index is 12.6. The van der Waals surface area contributed by atoms with Crippen molar-refractivity contribution in [1.82, 2.24) is 10.2 Å². The molecule has 2 aromatic carbocycles. The van der Waals surface area contributed by atoms with Crippen molar-refractivity contribution in [2.24, 2.45) is 0 Å². The minimum Gasteiger partial charge on any atom is -0.497 e. The van der Waals surface area contributed by atoms with Gasteiger partial charge in [-0.05, 0) is 73.7 Å². The second-order valence-corrected chi connectivity index (χ2v) is 8.82. The van der Waals surface area contributed by atoms with Crippen LogP contribution in [-0.2, 0) is 17.6 Å². The van der Waals surface area contributed by atoms with E-state index in [2.05, 4.69) is 40.4 Å².